The molecule has 22 heavy (non-hydrogen) atoms. The number of carbonyl (C=O) groups is 2. The standard InChI is InChI=1S/C14H23N5O2S/c1-3-11-16-14(19-18-11)22-9(2)12(20)17-13(21)15-10-7-5-4-6-8-10/h9-10H,3-8H2,1-2H3,(H,16,18,19)(H2,15,17,20,21). The van der Waals surface area contributed by atoms with Crippen molar-refractivity contribution in [3.8, 4) is 0 Å². The zero-order chi connectivity index (χ0) is 15.9. The molecular weight excluding hydrogens is 302 g/mol. The zero-order valence-corrected chi connectivity index (χ0v) is 13.8. The molecule has 8 heteroatoms. The van der Waals surface area contributed by atoms with Crippen molar-refractivity contribution in [3.63, 3.8) is 0 Å². The van der Waals surface area contributed by atoms with Crippen molar-refractivity contribution in [1.29, 1.82) is 0 Å². The third-order valence-electron chi connectivity index (χ3n) is 3.67. The Kier molecular flexibility index (Phi) is 6.23. The number of thioether (sulfide) groups is 1. The third-order valence-corrected chi connectivity index (χ3v) is 4.64. The molecule has 1 unspecified atom stereocenters. The minimum Gasteiger partial charge on any atom is -0.335 e. The predicted octanol–water partition coefficient (Wildman–Crippen LogP) is 2.01. The van der Waals surface area contributed by atoms with E-state index in [4.69, 9.17) is 0 Å². The summed E-state index contributed by atoms with van der Waals surface area (Å²) in [5.41, 5.74) is 0. The number of aromatic amines is 1. The van der Waals surface area contributed by atoms with Gasteiger partial charge in [-0.15, -0.1) is 5.10 Å². The molecule has 0 spiro atoms. The second-order valence-corrected chi connectivity index (χ2v) is 6.78. The van der Waals surface area contributed by atoms with Crippen LogP contribution in [-0.4, -0.2) is 38.4 Å². The largest absolute Gasteiger partial charge is 0.335 e. The number of aryl methyl sites for hydroxylation is 1. The molecule has 3 N–H and O–H groups in total. The predicted molar refractivity (Wildman–Crippen MR) is 84.6 cm³/mol. The van der Waals surface area contributed by atoms with Gasteiger partial charge >= 0.3 is 6.03 Å². The number of amides is 3. The lowest BCUT2D eigenvalue weighted by atomic mass is 9.96. The zero-order valence-electron chi connectivity index (χ0n) is 13.0. The van der Waals surface area contributed by atoms with Gasteiger partial charge in [0.05, 0.1) is 5.25 Å². The number of rotatable bonds is 5. The summed E-state index contributed by atoms with van der Waals surface area (Å²) < 4.78 is 0. The van der Waals surface area contributed by atoms with E-state index in [2.05, 4.69) is 25.8 Å². The molecule has 0 aliphatic heterocycles. The van der Waals surface area contributed by atoms with E-state index in [1.54, 1.807) is 6.92 Å². The Morgan fingerprint density at radius 1 is 1.36 bits per heavy atom. The van der Waals surface area contributed by atoms with E-state index in [1.807, 2.05) is 6.92 Å². The number of nitrogens with zero attached hydrogens (tertiary/aromatic N) is 2. The Labute approximate surface area is 134 Å². The molecule has 1 heterocycles. The average Bonchev–Trinajstić information content (AvgIpc) is 2.95. The summed E-state index contributed by atoms with van der Waals surface area (Å²) >= 11 is 1.23. The van der Waals surface area contributed by atoms with Crippen molar-refractivity contribution in [2.45, 2.75) is 68.8 Å². The van der Waals surface area contributed by atoms with Gasteiger partial charge in [-0.3, -0.25) is 15.2 Å². The monoisotopic (exact) mass is 325 g/mol. The topological polar surface area (TPSA) is 99.8 Å². The summed E-state index contributed by atoms with van der Waals surface area (Å²) in [6.07, 6.45) is 6.23. The van der Waals surface area contributed by atoms with Crippen LogP contribution in [0.3, 0.4) is 0 Å². The highest BCUT2D eigenvalue weighted by Crippen LogP contribution is 2.19. The van der Waals surface area contributed by atoms with Crippen molar-refractivity contribution >= 4 is 23.7 Å². The quantitative estimate of drug-likeness (QED) is 0.719. The van der Waals surface area contributed by atoms with Crippen LogP contribution in [0, 0.1) is 0 Å². The van der Waals surface area contributed by atoms with Crippen LogP contribution in [0.5, 0.6) is 0 Å². The van der Waals surface area contributed by atoms with Gasteiger partial charge in [-0.1, -0.05) is 37.9 Å². The lowest BCUT2D eigenvalue weighted by molar-refractivity contribution is -0.119. The van der Waals surface area contributed by atoms with Gasteiger partial charge in [0.15, 0.2) is 0 Å². The van der Waals surface area contributed by atoms with Crippen LogP contribution >= 0.6 is 11.8 Å². The van der Waals surface area contributed by atoms with Crippen molar-refractivity contribution in [3.05, 3.63) is 5.82 Å². The summed E-state index contributed by atoms with van der Waals surface area (Å²) in [5.74, 6) is 0.450. The second kappa shape index (κ2) is 8.17. The van der Waals surface area contributed by atoms with E-state index in [-0.39, 0.29) is 11.9 Å². The molecule has 1 aromatic heterocycles. The van der Waals surface area contributed by atoms with Gasteiger partial charge in [-0.2, -0.15) is 0 Å². The number of H-pyrrole nitrogens is 1. The lowest BCUT2D eigenvalue weighted by Crippen LogP contribution is -2.47. The SMILES string of the molecule is CCc1nc(SC(C)C(=O)NC(=O)NC2CCCCC2)n[nH]1. The average molecular weight is 325 g/mol. The first-order valence-corrected chi connectivity index (χ1v) is 8.65. The van der Waals surface area contributed by atoms with Crippen molar-refractivity contribution in [1.82, 2.24) is 25.8 Å². The highest BCUT2D eigenvalue weighted by atomic mass is 32.2. The molecule has 3 amide bonds. The Morgan fingerprint density at radius 2 is 2.09 bits per heavy atom. The fourth-order valence-electron chi connectivity index (χ4n) is 2.38. The maximum Gasteiger partial charge on any atom is 0.321 e. The van der Waals surface area contributed by atoms with Gasteiger partial charge in [0.1, 0.15) is 5.82 Å². The molecule has 1 fully saturated rings. The van der Waals surface area contributed by atoms with E-state index < -0.39 is 11.3 Å². The summed E-state index contributed by atoms with van der Waals surface area (Å²) in [6, 6.07) is -0.224. The Balaban J connectivity index is 1.76. The maximum atomic E-state index is 12.0. The van der Waals surface area contributed by atoms with Gasteiger partial charge in [0.25, 0.3) is 0 Å². The van der Waals surface area contributed by atoms with Crippen molar-refractivity contribution in [2.24, 2.45) is 0 Å². The molecule has 7 nitrogen and oxygen atoms in total. The number of hydrogen-bond donors (Lipinski definition) is 3. The van der Waals surface area contributed by atoms with Gasteiger partial charge < -0.3 is 5.32 Å². The number of aromatic nitrogens is 3. The van der Waals surface area contributed by atoms with Crippen LogP contribution in [0.1, 0.15) is 51.8 Å². The fourth-order valence-corrected chi connectivity index (χ4v) is 3.13. The molecule has 1 aromatic rings. The number of carbonyl (C=O) groups excluding carboxylic acids is 2. The lowest BCUT2D eigenvalue weighted by Gasteiger charge is -2.22. The molecule has 122 valence electrons. The first-order chi connectivity index (χ1) is 10.6. The second-order valence-electron chi connectivity index (χ2n) is 5.48. The molecule has 1 saturated carbocycles. The van der Waals surface area contributed by atoms with E-state index >= 15 is 0 Å². The minimum absolute atomic E-state index is 0.185. The smallest absolute Gasteiger partial charge is 0.321 e. The van der Waals surface area contributed by atoms with Gasteiger partial charge in [0, 0.05) is 12.5 Å². The Hall–Kier alpha value is -1.57. The fraction of sp³-hybridized carbons (Fsp3) is 0.714. The maximum absolute atomic E-state index is 12.0. The normalized spacial score (nSPS) is 17.0. The van der Waals surface area contributed by atoms with Crippen LogP contribution in [0.2, 0.25) is 0 Å². The summed E-state index contributed by atoms with van der Waals surface area (Å²) in [5, 5.41) is 12.2. The molecule has 1 aliphatic carbocycles. The van der Waals surface area contributed by atoms with Gasteiger partial charge in [-0.05, 0) is 19.8 Å². The number of imide groups is 1. The van der Waals surface area contributed by atoms with Crippen molar-refractivity contribution < 1.29 is 9.59 Å². The first kappa shape index (κ1) is 16.8. The van der Waals surface area contributed by atoms with Gasteiger partial charge in [0.2, 0.25) is 11.1 Å². The van der Waals surface area contributed by atoms with Crippen LogP contribution in [0.4, 0.5) is 4.79 Å². The number of hydrogen-bond acceptors (Lipinski definition) is 5. The molecule has 1 aliphatic rings. The molecule has 0 bridgehead atoms. The summed E-state index contributed by atoms with van der Waals surface area (Å²) in [4.78, 5) is 28.1. The van der Waals surface area contributed by atoms with E-state index in [0.717, 1.165) is 37.9 Å². The number of nitrogens with one attached hydrogen (secondary N) is 3. The Bertz CT molecular complexity index is 513. The van der Waals surface area contributed by atoms with Gasteiger partial charge in [-0.25, -0.2) is 9.78 Å². The molecule has 2 rings (SSSR count). The van der Waals surface area contributed by atoms with E-state index in [0.29, 0.717) is 5.16 Å². The van der Waals surface area contributed by atoms with Crippen LogP contribution in [0.15, 0.2) is 5.16 Å². The number of urea groups is 1. The minimum atomic E-state index is -0.433. The molecule has 0 saturated heterocycles. The van der Waals surface area contributed by atoms with E-state index in [9.17, 15) is 9.59 Å². The summed E-state index contributed by atoms with van der Waals surface area (Å²) in [6.45, 7) is 3.70. The van der Waals surface area contributed by atoms with Crippen LogP contribution < -0.4 is 10.6 Å². The van der Waals surface area contributed by atoms with Crippen LogP contribution in [-0.2, 0) is 11.2 Å². The summed E-state index contributed by atoms with van der Waals surface area (Å²) in [7, 11) is 0. The van der Waals surface area contributed by atoms with Crippen LogP contribution in [0.25, 0.3) is 0 Å². The molecule has 0 radical (unpaired) electrons. The highest BCUT2D eigenvalue weighted by Gasteiger charge is 2.21. The molecule has 1 atom stereocenters. The van der Waals surface area contributed by atoms with E-state index in [1.165, 1.54) is 18.2 Å². The molecule has 0 aromatic carbocycles. The van der Waals surface area contributed by atoms with Crippen molar-refractivity contribution in [2.75, 3.05) is 0 Å². The third kappa shape index (κ3) is 5.01. The highest BCUT2D eigenvalue weighted by molar-refractivity contribution is 8.00. The Morgan fingerprint density at radius 3 is 2.73 bits per heavy atom. The first-order valence-electron chi connectivity index (χ1n) is 7.77. The molecular formula is C14H23N5O2S.